The molecule has 1 saturated heterocycles. The third-order valence-electron chi connectivity index (χ3n) is 3.62. The van der Waals surface area contributed by atoms with Crippen LogP contribution in [-0.2, 0) is 15.7 Å². The molecule has 3 nitrogen and oxygen atoms in total. The Kier molecular flexibility index (Phi) is 8.95. The monoisotopic (exact) mass is 297 g/mol. The molecule has 112 valence electrons. The van der Waals surface area contributed by atoms with Gasteiger partial charge in [0, 0.05) is 13.2 Å². The van der Waals surface area contributed by atoms with E-state index in [1.54, 1.807) is 0 Å². The van der Waals surface area contributed by atoms with Gasteiger partial charge in [-0.2, -0.15) is 0 Å². The van der Waals surface area contributed by atoms with E-state index in [1.165, 1.54) is 12.0 Å². The van der Waals surface area contributed by atoms with Gasteiger partial charge in [-0.05, 0) is 37.3 Å². The van der Waals surface area contributed by atoms with Crippen LogP contribution in [-0.4, -0.2) is 33.5 Å². The summed E-state index contributed by atoms with van der Waals surface area (Å²) in [6.45, 7) is 4.92. The summed E-state index contributed by atoms with van der Waals surface area (Å²) in [5, 5.41) is 3.41. The number of nitrogens with one attached hydrogen (secondary N) is 1. The summed E-state index contributed by atoms with van der Waals surface area (Å²) in [7, 11) is 0.422. The maximum Gasteiger partial charge on any atom is 0.438 e. The van der Waals surface area contributed by atoms with E-state index in [9.17, 15) is 0 Å². The molecule has 5 heteroatoms. The summed E-state index contributed by atoms with van der Waals surface area (Å²) in [4.78, 5) is 0. The second-order valence-corrected chi connectivity index (χ2v) is 5.17. The van der Waals surface area contributed by atoms with Crippen molar-refractivity contribution in [1.82, 2.24) is 5.32 Å². The molecule has 0 aliphatic carbocycles. The molecule has 2 unspecified atom stereocenters. The Bertz CT molecular complexity index is 353. The van der Waals surface area contributed by atoms with Crippen LogP contribution in [0.1, 0.15) is 25.3 Å². The lowest BCUT2D eigenvalue weighted by molar-refractivity contribution is 0.0823. The maximum atomic E-state index is 5.89. The summed E-state index contributed by atoms with van der Waals surface area (Å²) >= 11 is 0. The van der Waals surface area contributed by atoms with Crippen molar-refractivity contribution in [2.75, 3.05) is 19.7 Å². The molecule has 1 N–H and O–H groups in total. The smallest absolute Gasteiger partial charge is 0.414 e. The standard InChI is InChI=1S/C15H24BNO2.ClH/c1-2-10-18-16-19-15-12-17-9-8-14(15)11-13-6-4-3-5-7-13;/h3-7,14-17H,2,8-12H2,1H3;1H. The molecular formula is C15H25BClNO2. The molecule has 0 bridgehead atoms. The molecule has 0 aromatic heterocycles. The first kappa shape index (κ1) is 17.5. The average Bonchev–Trinajstić information content (AvgIpc) is 2.46. The van der Waals surface area contributed by atoms with Crippen LogP contribution in [0.25, 0.3) is 0 Å². The van der Waals surface area contributed by atoms with Crippen molar-refractivity contribution in [3.63, 3.8) is 0 Å². The van der Waals surface area contributed by atoms with Gasteiger partial charge in [-0.3, -0.25) is 0 Å². The zero-order valence-electron chi connectivity index (χ0n) is 12.2. The van der Waals surface area contributed by atoms with Gasteiger partial charge in [-0.15, -0.1) is 12.4 Å². The second-order valence-electron chi connectivity index (χ2n) is 5.17. The van der Waals surface area contributed by atoms with Gasteiger partial charge in [0.15, 0.2) is 0 Å². The summed E-state index contributed by atoms with van der Waals surface area (Å²) < 4.78 is 11.3. The largest absolute Gasteiger partial charge is 0.438 e. The highest BCUT2D eigenvalue weighted by Gasteiger charge is 2.25. The minimum atomic E-state index is 0. The van der Waals surface area contributed by atoms with Crippen molar-refractivity contribution >= 4 is 20.1 Å². The number of hydrogen-bond donors (Lipinski definition) is 1. The molecule has 0 spiro atoms. The Labute approximate surface area is 129 Å². The molecule has 0 radical (unpaired) electrons. The lowest BCUT2D eigenvalue weighted by Crippen LogP contribution is -2.44. The number of halogens is 1. The molecule has 1 heterocycles. The predicted molar refractivity (Wildman–Crippen MR) is 86.6 cm³/mol. The third-order valence-corrected chi connectivity index (χ3v) is 3.62. The van der Waals surface area contributed by atoms with Crippen molar-refractivity contribution in [2.24, 2.45) is 5.92 Å². The average molecular weight is 298 g/mol. The number of benzene rings is 1. The quantitative estimate of drug-likeness (QED) is 0.619. The number of hydrogen-bond acceptors (Lipinski definition) is 3. The van der Waals surface area contributed by atoms with Crippen LogP contribution in [0.2, 0.25) is 0 Å². The van der Waals surface area contributed by atoms with E-state index in [0.717, 1.165) is 32.5 Å². The highest BCUT2D eigenvalue weighted by molar-refractivity contribution is 6.18. The van der Waals surface area contributed by atoms with Gasteiger partial charge in [-0.25, -0.2) is 0 Å². The minimum absolute atomic E-state index is 0. The van der Waals surface area contributed by atoms with Crippen LogP contribution in [0.3, 0.4) is 0 Å². The molecule has 1 aliphatic heterocycles. The molecular weight excluding hydrogens is 272 g/mol. The fraction of sp³-hybridized carbons (Fsp3) is 0.600. The molecule has 2 atom stereocenters. The van der Waals surface area contributed by atoms with Crippen molar-refractivity contribution < 1.29 is 9.31 Å². The SMILES string of the molecule is CCCOBOC1CNCCC1Cc1ccccc1.Cl. The lowest BCUT2D eigenvalue weighted by atomic mass is 9.88. The first-order valence-electron chi connectivity index (χ1n) is 7.34. The topological polar surface area (TPSA) is 30.5 Å². The molecule has 2 rings (SSSR count). The first-order chi connectivity index (χ1) is 9.40. The summed E-state index contributed by atoms with van der Waals surface area (Å²) in [5.74, 6) is 0.592. The summed E-state index contributed by atoms with van der Waals surface area (Å²) in [5.41, 5.74) is 1.40. The molecule has 1 fully saturated rings. The minimum Gasteiger partial charge on any atom is -0.414 e. The number of piperidine rings is 1. The van der Waals surface area contributed by atoms with E-state index in [-0.39, 0.29) is 18.5 Å². The van der Waals surface area contributed by atoms with Gasteiger partial charge in [0.1, 0.15) is 0 Å². The van der Waals surface area contributed by atoms with Crippen LogP contribution >= 0.6 is 12.4 Å². The first-order valence-corrected chi connectivity index (χ1v) is 7.34. The van der Waals surface area contributed by atoms with Gasteiger partial charge >= 0.3 is 7.69 Å². The van der Waals surface area contributed by atoms with Crippen molar-refractivity contribution in [3.8, 4) is 0 Å². The Morgan fingerprint density at radius 1 is 1.30 bits per heavy atom. The zero-order chi connectivity index (χ0) is 13.3. The Balaban J connectivity index is 0.00000200. The second kappa shape index (κ2) is 10.2. The van der Waals surface area contributed by atoms with E-state index < -0.39 is 0 Å². The Morgan fingerprint density at radius 3 is 2.85 bits per heavy atom. The van der Waals surface area contributed by atoms with Crippen molar-refractivity contribution in [3.05, 3.63) is 35.9 Å². The number of rotatable bonds is 7. The van der Waals surface area contributed by atoms with Gasteiger partial charge in [-0.1, -0.05) is 37.3 Å². The molecule has 1 aromatic carbocycles. The molecule has 0 amide bonds. The van der Waals surface area contributed by atoms with Gasteiger partial charge in [0.05, 0.1) is 6.10 Å². The van der Waals surface area contributed by atoms with Crippen LogP contribution in [0, 0.1) is 5.92 Å². The van der Waals surface area contributed by atoms with E-state index in [0.29, 0.717) is 13.6 Å². The lowest BCUT2D eigenvalue weighted by Gasteiger charge is -2.32. The molecule has 1 aromatic rings. The molecule has 20 heavy (non-hydrogen) atoms. The maximum absolute atomic E-state index is 5.89. The molecule has 1 aliphatic rings. The highest BCUT2D eigenvalue weighted by Crippen LogP contribution is 2.20. The van der Waals surface area contributed by atoms with Crippen LogP contribution < -0.4 is 5.32 Å². The van der Waals surface area contributed by atoms with Gasteiger partial charge in [0.25, 0.3) is 0 Å². The van der Waals surface area contributed by atoms with E-state index in [1.807, 2.05) is 0 Å². The third kappa shape index (κ3) is 5.84. The van der Waals surface area contributed by atoms with Gasteiger partial charge in [0.2, 0.25) is 0 Å². The summed E-state index contributed by atoms with van der Waals surface area (Å²) in [6, 6.07) is 10.7. The summed E-state index contributed by atoms with van der Waals surface area (Å²) in [6.07, 6.45) is 3.58. The Morgan fingerprint density at radius 2 is 2.10 bits per heavy atom. The van der Waals surface area contributed by atoms with Crippen LogP contribution in [0.5, 0.6) is 0 Å². The van der Waals surface area contributed by atoms with Gasteiger partial charge < -0.3 is 14.6 Å². The van der Waals surface area contributed by atoms with E-state index in [2.05, 4.69) is 42.6 Å². The zero-order valence-corrected chi connectivity index (χ0v) is 13.0. The predicted octanol–water partition coefficient (Wildman–Crippen LogP) is 2.34. The van der Waals surface area contributed by atoms with E-state index >= 15 is 0 Å². The van der Waals surface area contributed by atoms with Crippen molar-refractivity contribution in [2.45, 2.75) is 32.3 Å². The Hall–Kier alpha value is -0.545. The normalized spacial score (nSPS) is 22.1. The fourth-order valence-electron chi connectivity index (χ4n) is 2.57. The molecule has 0 saturated carbocycles. The van der Waals surface area contributed by atoms with E-state index in [4.69, 9.17) is 9.31 Å². The van der Waals surface area contributed by atoms with Crippen LogP contribution in [0.15, 0.2) is 30.3 Å². The van der Waals surface area contributed by atoms with Crippen LogP contribution in [0.4, 0.5) is 0 Å². The highest BCUT2D eigenvalue weighted by atomic mass is 35.5. The van der Waals surface area contributed by atoms with Crippen molar-refractivity contribution in [1.29, 1.82) is 0 Å². The fourth-order valence-corrected chi connectivity index (χ4v) is 2.57.